The Morgan fingerprint density at radius 1 is 0.727 bits per heavy atom. The average Bonchev–Trinajstić information content (AvgIpc) is 3.09. The molecule has 3 aromatic rings. The maximum Gasteiger partial charge on any atom is 0.136 e. The Balaban J connectivity index is 1.60. The minimum Gasteiger partial charge on any atom is -0.456 e. The second-order valence-corrected chi connectivity index (χ2v) is 8.51. The molecular formula is C30H27NO2. The van der Waals surface area contributed by atoms with E-state index in [9.17, 15) is 0 Å². The molecule has 33 heavy (non-hydrogen) atoms. The predicted octanol–water partition coefficient (Wildman–Crippen LogP) is 7.95. The van der Waals surface area contributed by atoms with Gasteiger partial charge in [0.25, 0.3) is 0 Å². The fourth-order valence-electron chi connectivity index (χ4n) is 4.17. The van der Waals surface area contributed by atoms with Crippen LogP contribution >= 0.6 is 0 Å². The highest BCUT2D eigenvalue weighted by atomic mass is 16.5. The van der Waals surface area contributed by atoms with Crippen molar-refractivity contribution in [3.05, 3.63) is 101 Å². The molecule has 0 saturated carbocycles. The van der Waals surface area contributed by atoms with Crippen LogP contribution in [0.25, 0.3) is 29.4 Å². The molecule has 5 rings (SSSR count). The summed E-state index contributed by atoms with van der Waals surface area (Å²) in [7, 11) is 4.13. The summed E-state index contributed by atoms with van der Waals surface area (Å²) in [4.78, 5) is 2.13. The number of benzene rings is 3. The molecule has 164 valence electrons. The van der Waals surface area contributed by atoms with Gasteiger partial charge in [-0.15, -0.1) is 0 Å². The lowest BCUT2D eigenvalue weighted by Crippen LogP contribution is -2.11. The Hall–Kier alpha value is -3.98. The monoisotopic (exact) mass is 433 g/mol. The second kappa shape index (κ2) is 8.51. The van der Waals surface area contributed by atoms with Gasteiger partial charge in [-0.1, -0.05) is 54.6 Å². The minimum atomic E-state index is 0.858. The molecule has 0 saturated heterocycles. The van der Waals surface area contributed by atoms with Crippen molar-refractivity contribution in [2.45, 2.75) is 13.8 Å². The number of nitrogens with zero attached hydrogens (tertiary/aromatic N) is 1. The molecule has 0 N–H and O–H groups in total. The summed E-state index contributed by atoms with van der Waals surface area (Å²) < 4.78 is 12.5. The number of para-hydroxylation sites is 1. The van der Waals surface area contributed by atoms with Gasteiger partial charge in [-0.3, -0.25) is 0 Å². The molecule has 0 atom stereocenters. The summed E-state index contributed by atoms with van der Waals surface area (Å²) in [6, 6.07) is 18.8. The first-order valence-corrected chi connectivity index (χ1v) is 11.2. The van der Waals surface area contributed by atoms with Crippen LogP contribution in [0.4, 0.5) is 5.69 Å². The molecule has 0 bridgehead atoms. The number of ether oxygens (including phenoxy) is 2. The predicted molar refractivity (Wildman–Crippen MR) is 139 cm³/mol. The van der Waals surface area contributed by atoms with Gasteiger partial charge in [0, 0.05) is 48.1 Å². The van der Waals surface area contributed by atoms with Gasteiger partial charge in [0.1, 0.15) is 23.0 Å². The Morgan fingerprint density at radius 2 is 1.45 bits per heavy atom. The van der Waals surface area contributed by atoms with E-state index in [4.69, 9.17) is 9.47 Å². The molecule has 0 aliphatic carbocycles. The summed E-state index contributed by atoms with van der Waals surface area (Å²) >= 11 is 0. The first-order valence-electron chi connectivity index (χ1n) is 11.2. The van der Waals surface area contributed by atoms with E-state index in [0.717, 1.165) is 62.1 Å². The van der Waals surface area contributed by atoms with E-state index >= 15 is 0 Å². The normalized spacial score (nSPS) is 14.1. The van der Waals surface area contributed by atoms with Gasteiger partial charge in [0.15, 0.2) is 0 Å². The quantitative estimate of drug-likeness (QED) is 0.327. The fraction of sp³-hybridized carbons (Fsp3) is 0.133. The molecule has 0 unspecified atom stereocenters. The lowest BCUT2D eigenvalue weighted by atomic mass is 9.97. The molecule has 2 heterocycles. The summed E-state index contributed by atoms with van der Waals surface area (Å²) in [5.41, 5.74) is 7.68. The van der Waals surface area contributed by atoms with Gasteiger partial charge < -0.3 is 14.4 Å². The van der Waals surface area contributed by atoms with Crippen molar-refractivity contribution in [1.29, 1.82) is 0 Å². The van der Waals surface area contributed by atoms with E-state index in [-0.39, 0.29) is 0 Å². The smallest absolute Gasteiger partial charge is 0.136 e. The number of hydrogen-bond acceptors (Lipinski definition) is 3. The van der Waals surface area contributed by atoms with Crippen LogP contribution in [0.3, 0.4) is 0 Å². The van der Waals surface area contributed by atoms with Crippen LogP contribution in [0.1, 0.15) is 30.5 Å². The maximum absolute atomic E-state index is 6.31. The van der Waals surface area contributed by atoms with Gasteiger partial charge >= 0.3 is 0 Å². The highest BCUT2D eigenvalue weighted by molar-refractivity contribution is 5.87. The fourth-order valence-corrected chi connectivity index (χ4v) is 4.17. The SMILES string of the molecule is C/C=C\C1=C(C)C=Cc2cc(-c3ccc4c(c3)C=Cc3ccccc3O4)c(N(C)C)cc2O1. The number of rotatable bonds is 3. The van der Waals surface area contributed by atoms with Crippen LogP contribution in [-0.4, -0.2) is 14.1 Å². The molecule has 3 heteroatoms. The largest absolute Gasteiger partial charge is 0.456 e. The molecule has 2 aliphatic heterocycles. The standard InChI is InChI=1S/C30H27NO2/c1-5-8-27-20(2)11-12-24-18-25(26(31(3)4)19-30(24)32-27)22-15-16-29-23(17-22)14-13-21-9-6-7-10-28(21)33-29/h5-19H,1-4H3/b8-5-. The molecule has 3 nitrogen and oxygen atoms in total. The van der Waals surface area contributed by atoms with Crippen molar-refractivity contribution in [3.8, 4) is 28.4 Å². The van der Waals surface area contributed by atoms with E-state index < -0.39 is 0 Å². The van der Waals surface area contributed by atoms with E-state index in [1.165, 1.54) is 0 Å². The van der Waals surface area contributed by atoms with Crippen molar-refractivity contribution in [2.24, 2.45) is 0 Å². The van der Waals surface area contributed by atoms with E-state index in [1.807, 2.05) is 37.3 Å². The first-order chi connectivity index (χ1) is 16.0. The van der Waals surface area contributed by atoms with Crippen molar-refractivity contribution >= 4 is 23.9 Å². The van der Waals surface area contributed by atoms with Gasteiger partial charge in [-0.05, 0) is 55.3 Å². The van der Waals surface area contributed by atoms with Gasteiger partial charge in [-0.2, -0.15) is 0 Å². The maximum atomic E-state index is 6.31. The van der Waals surface area contributed by atoms with Crippen LogP contribution in [0, 0.1) is 0 Å². The van der Waals surface area contributed by atoms with Crippen LogP contribution in [0.15, 0.2) is 84.2 Å². The Labute approximate surface area is 195 Å². The summed E-state index contributed by atoms with van der Waals surface area (Å²) in [6.45, 7) is 4.07. The lowest BCUT2D eigenvalue weighted by Gasteiger charge is -2.21. The Morgan fingerprint density at radius 3 is 2.27 bits per heavy atom. The molecular weight excluding hydrogens is 406 g/mol. The van der Waals surface area contributed by atoms with Crippen LogP contribution < -0.4 is 14.4 Å². The third-order valence-corrected chi connectivity index (χ3v) is 5.95. The van der Waals surface area contributed by atoms with Crippen molar-refractivity contribution in [1.82, 2.24) is 0 Å². The summed E-state index contributed by atoms with van der Waals surface area (Å²) in [6.07, 6.45) is 12.5. The molecule has 0 amide bonds. The van der Waals surface area contributed by atoms with Gasteiger partial charge in [0.05, 0.1) is 0 Å². The van der Waals surface area contributed by atoms with Crippen LogP contribution in [0.5, 0.6) is 17.2 Å². The summed E-state index contributed by atoms with van der Waals surface area (Å²) in [5, 5.41) is 0. The van der Waals surface area contributed by atoms with Crippen molar-refractivity contribution in [3.63, 3.8) is 0 Å². The van der Waals surface area contributed by atoms with Gasteiger partial charge in [-0.25, -0.2) is 0 Å². The second-order valence-electron chi connectivity index (χ2n) is 8.51. The summed E-state index contributed by atoms with van der Waals surface area (Å²) in [5.74, 6) is 3.47. The zero-order chi connectivity index (χ0) is 22.9. The minimum absolute atomic E-state index is 0.858. The number of fused-ring (bicyclic) bond motifs is 3. The molecule has 0 spiro atoms. The molecule has 3 aromatic carbocycles. The molecule has 0 aromatic heterocycles. The zero-order valence-electron chi connectivity index (χ0n) is 19.4. The Kier molecular flexibility index (Phi) is 5.39. The molecule has 0 radical (unpaired) electrons. The van der Waals surface area contributed by atoms with E-state index in [2.05, 4.69) is 86.6 Å². The van der Waals surface area contributed by atoms with Crippen LogP contribution in [0.2, 0.25) is 0 Å². The lowest BCUT2D eigenvalue weighted by molar-refractivity contribution is 0.440. The van der Waals surface area contributed by atoms with Crippen molar-refractivity contribution < 1.29 is 9.47 Å². The highest BCUT2D eigenvalue weighted by Gasteiger charge is 2.18. The van der Waals surface area contributed by atoms with Gasteiger partial charge in [0.2, 0.25) is 0 Å². The Bertz CT molecular complexity index is 1360. The van der Waals surface area contributed by atoms with E-state index in [1.54, 1.807) is 0 Å². The average molecular weight is 434 g/mol. The highest BCUT2D eigenvalue weighted by Crippen LogP contribution is 2.41. The van der Waals surface area contributed by atoms with Crippen LogP contribution in [-0.2, 0) is 0 Å². The number of hydrogen-bond donors (Lipinski definition) is 0. The molecule has 2 aliphatic rings. The topological polar surface area (TPSA) is 21.7 Å². The third kappa shape index (κ3) is 3.98. The van der Waals surface area contributed by atoms with E-state index in [0.29, 0.717) is 0 Å². The first kappa shape index (κ1) is 20.9. The number of anilines is 1. The van der Waals surface area contributed by atoms with Crippen molar-refractivity contribution in [2.75, 3.05) is 19.0 Å². The molecule has 0 fully saturated rings. The zero-order valence-corrected chi connectivity index (χ0v) is 19.4. The number of allylic oxidation sites excluding steroid dienone is 4. The third-order valence-electron chi connectivity index (χ3n) is 5.95.